The Morgan fingerprint density at radius 1 is 1.29 bits per heavy atom. The summed E-state index contributed by atoms with van der Waals surface area (Å²) in [5.74, 6) is -0.442. The number of carboxylic acids is 1. The molecule has 3 rings (SSSR count). The summed E-state index contributed by atoms with van der Waals surface area (Å²) < 4.78 is 1.64. The normalized spacial score (nSPS) is 11.2. The standard InChI is InChI=1S/C14H14N4O2S/c1-4-10-9-6-11(13(19)20)21-12(9)18(17-10)14-15-7(2)5-8(3)16-14/h5-6H,4H2,1-3H3,(H,19,20). The number of hydrogen-bond donors (Lipinski definition) is 1. The summed E-state index contributed by atoms with van der Waals surface area (Å²) in [5, 5.41) is 14.6. The Kier molecular flexibility index (Phi) is 3.21. The van der Waals surface area contributed by atoms with Crippen molar-refractivity contribution in [1.82, 2.24) is 19.7 Å². The zero-order valence-electron chi connectivity index (χ0n) is 11.9. The van der Waals surface area contributed by atoms with Gasteiger partial charge in [-0.1, -0.05) is 6.92 Å². The van der Waals surface area contributed by atoms with Gasteiger partial charge >= 0.3 is 5.97 Å². The molecule has 0 fully saturated rings. The lowest BCUT2D eigenvalue weighted by atomic mass is 10.2. The number of rotatable bonds is 3. The van der Waals surface area contributed by atoms with Gasteiger partial charge in [-0.25, -0.2) is 14.8 Å². The fraction of sp³-hybridized carbons (Fsp3) is 0.286. The molecule has 0 saturated carbocycles. The van der Waals surface area contributed by atoms with Crippen molar-refractivity contribution in [2.45, 2.75) is 27.2 Å². The van der Waals surface area contributed by atoms with Crippen LogP contribution in [0.3, 0.4) is 0 Å². The summed E-state index contributed by atoms with van der Waals surface area (Å²) in [4.78, 5) is 21.1. The molecule has 0 unspecified atom stereocenters. The van der Waals surface area contributed by atoms with Crippen LogP contribution in [0.5, 0.6) is 0 Å². The smallest absolute Gasteiger partial charge is 0.345 e. The Morgan fingerprint density at radius 3 is 2.52 bits per heavy atom. The van der Waals surface area contributed by atoms with Crippen molar-refractivity contribution in [2.24, 2.45) is 0 Å². The number of hydrogen-bond acceptors (Lipinski definition) is 5. The van der Waals surface area contributed by atoms with Crippen molar-refractivity contribution >= 4 is 27.5 Å². The Labute approximate surface area is 125 Å². The Hall–Kier alpha value is -2.28. The van der Waals surface area contributed by atoms with Crippen LogP contribution in [0, 0.1) is 13.8 Å². The van der Waals surface area contributed by atoms with E-state index in [2.05, 4.69) is 15.1 Å². The average Bonchev–Trinajstić information content (AvgIpc) is 2.95. The summed E-state index contributed by atoms with van der Waals surface area (Å²) in [5.41, 5.74) is 2.57. The topological polar surface area (TPSA) is 80.9 Å². The van der Waals surface area contributed by atoms with Crippen LogP contribution in [-0.2, 0) is 6.42 Å². The van der Waals surface area contributed by atoms with Crippen molar-refractivity contribution in [1.29, 1.82) is 0 Å². The third-order valence-electron chi connectivity index (χ3n) is 3.14. The molecule has 21 heavy (non-hydrogen) atoms. The minimum absolute atomic E-state index is 0.301. The fourth-order valence-electron chi connectivity index (χ4n) is 2.27. The van der Waals surface area contributed by atoms with E-state index in [1.165, 1.54) is 11.3 Å². The maximum atomic E-state index is 11.2. The molecule has 0 amide bonds. The van der Waals surface area contributed by atoms with Gasteiger partial charge in [0, 0.05) is 16.8 Å². The molecule has 0 saturated heterocycles. The van der Waals surface area contributed by atoms with E-state index in [-0.39, 0.29) is 0 Å². The Bertz CT molecular complexity index is 830. The third-order valence-corrected chi connectivity index (χ3v) is 4.24. The Morgan fingerprint density at radius 2 is 1.95 bits per heavy atom. The molecule has 0 aliphatic heterocycles. The van der Waals surface area contributed by atoms with Gasteiger partial charge in [0.1, 0.15) is 9.71 Å². The molecule has 108 valence electrons. The predicted molar refractivity (Wildman–Crippen MR) is 80.3 cm³/mol. The molecule has 0 aromatic carbocycles. The minimum Gasteiger partial charge on any atom is -0.477 e. The summed E-state index contributed by atoms with van der Waals surface area (Å²) >= 11 is 1.20. The first-order valence-electron chi connectivity index (χ1n) is 6.57. The van der Waals surface area contributed by atoms with Gasteiger partial charge in [0.05, 0.1) is 5.69 Å². The van der Waals surface area contributed by atoms with E-state index < -0.39 is 5.97 Å². The number of fused-ring (bicyclic) bond motifs is 1. The lowest BCUT2D eigenvalue weighted by molar-refractivity contribution is 0.0702. The quantitative estimate of drug-likeness (QED) is 0.804. The molecular weight excluding hydrogens is 288 g/mol. The zero-order chi connectivity index (χ0) is 15.1. The van der Waals surface area contributed by atoms with Gasteiger partial charge in [0.2, 0.25) is 0 Å². The monoisotopic (exact) mass is 302 g/mol. The van der Waals surface area contributed by atoms with Gasteiger partial charge in [0.25, 0.3) is 5.95 Å². The molecule has 1 N–H and O–H groups in total. The number of carbonyl (C=O) groups is 1. The average molecular weight is 302 g/mol. The van der Waals surface area contributed by atoms with E-state index >= 15 is 0 Å². The van der Waals surface area contributed by atoms with Gasteiger partial charge in [-0.3, -0.25) is 0 Å². The van der Waals surface area contributed by atoms with Gasteiger partial charge < -0.3 is 5.11 Å². The summed E-state index contributed by atoms with van der Waals surface area (Å²) in [7, 11) is 0. The largest absolute Gasteiger partial charge is 0.477 e. The van der Waals surface area contributed by atoms with Crippen LogP contribution >= 0.6 is 11.3 Å². The van der Waals surface area contributed by atoms with Crippen molar-refractivity contribution in [3.05, 3.63) is 34.1 Å². The van der Waals surface area contributed by atoms with E-state index in [9.17, 15) is 4.79 Å². The van der Waals surface area contributed by atoms with Crippen LogP contribution in [0.2, 0.25) is 0 Å². The lowest BCUT2D eigenvalue weighted by Gasteiger charge is -2.03. The number of thiophene rings is 1. The number of aryl methyl sites for hydroxylation is 3. The van der Waals surface area contributed by atoms with Crippen LogP contribution in [-0.4, -0.2) is 30.8 Å². The van der Waals surface area contributed by atoms with Crippen molar-refractivity contribution in [3.8, 4) is 5.95 Å². The summed E-state index contributed by atoms with van der Waals surface area (Å²) in [6, 6.07) is 3.56. The lowest BCUT2D eigenvalue weighted by Crippen LogP contribution is -2.05. The molecule has 3 aromatic rings. The molecule has 3 heterocycles. The predicted octanol–water partition coefficient (Wildman–Crippen LogP) is 2.75. The fourth-order valence-corrected chi connectivity index (χ4v) is 3.24. The molecule has 0 bridgehead atoms. The molecular formula is C14H14N4O2S. The van der Waals surface area contributed by atoms with E-state index in [0.29, 0.717) is 10.8 Å². The second kappa shape index (κ2) is 4.92. The maximum absolute atomic E-state index is 11.2. The number of aromatic carboxylic acids is 1. The summed E-state index contributed by atoms with van der Waals surface area (Å²) in [6.07, 6.45) is 0.726. The first-order valence-corrected chi connectivity index (χ1v) is 7.38. The van der Waals surface area contributed by atoms with Crippen LogP contribution in [0.15, 0.2) is 12.1 Å². The second-order valence-electron chi connectivity index (χ2n) is 4.80. The maximum Gasteiger partial charge on any atom is 0.345 e. The number of carboxylic acid groups (broad SMARTS) is 1. The van der Waals surface area contributed by atoms with Crippen LogP contribution in [0.25, 0.3) is 16.2 Å². The molecule has 0 aliphatic carbocycles. The first kappa shape index (κ1) is 13.7. The van der Waals surface area contributed by atoms with Gasteiger partial charge in [0.15, 0.2) is 0 Å². The van der Waals surface area contributed by atoms with E-state index in [0.717, 1.165) is 33.7 Å². The number of aromatic nitrogens is 4. The molecule has 0 aliphatic rings. The highest BCUT2D eigenvalue weighted by Crippen LogP contribution is 2.30. The Balaban J connectivity index is 2.28. The van der Waals surface area contributed by atoms with Crippen LogP contribution in [0.4, 0.5) is 0 Å². The highest BCUT2D eigenvalue weighted by atomic mass is 32.1. The number of nitrogens with zero attached hydrogens (tertiary/aromatic N) is 4. The van der Waals surface area contributed by atoms with E-state index in [1.807, 2.05) is 26.8 Å². The highest BCUT2D eigenvalue weighted by Gasteiger charge is 2.19. The second-order valence-corrected chi connectivity index (χ2v) is 5.83. The molecule has 6 nitrogen and oxygen atoms in total. The molecule has 7 heteroatoms. The van der Waals surface area contributed by atoms with Gasteiger partial charge in [-0.15, -0.1) is 11.3 Å². The van der Waals surface area contributed by atoms with Crippen LogP contribution < -0.4 is 0 Å². The minimum atomic E-state index is -0.925. The zero-order valence-corrected chi connectivity index (χ0v) is 12.7. The summed E-state index contributed by atoms with van der Waals surface area (Å²) in [6.45, 7) is 5.79. The third kappa shape index (κ3) is 2.29. The SMILES string of the molecule is CCc1nn(-c2nc(C)cc(C)n2)c2sc(C(=O)O)cc12. The molecule has 0 atom stereocenters. The van der Waals surface area contributed by atoms with E-state index in [4.69, 9.17) is 5.11 Å². The van der Waals surface area contributed by atoms with Gasteiger partial charge in [-0.2, -0.15) is 9.78 Å². The van der Waals surface area contributed by atoms with Crippen LogP contribution in [0.1, 0.15) is 33.7 Å². The highest BCUT2D eigenvalue weighted by molar-refractivity contribution is 7.20. The first-order chi connectivity index (χ1) is 9.99. The molecule has 0 spiro atoms. The van der Waals surface area contributed by atoms with E-state index in [1.54, 1.807) is 10.7 Å². The molecule has 3 aromatic heterocycles. The van der Waals surface area contributed by atoms with Crippen molar-refractivity contribution in [3.63, 3.8) is 0 Å². The van der Waals surface area contributed by atoms with Gasteiger partial charge in [-0.05, 0) is 32.4 Å². The molecule has 0 radical (unpaired) electrons. The van der Waals surface area contributed by atoms with Crippen molar-refractivity contribution in [2.75, 3.05) is 0 Å². The van der Waals surface area contributed by atoms with Crippen molar-refractivity contribution < 1.29 is 9.90 Å².